The van der Waals surface area contributed by atoms with Crippen LogP contribution in [-0.4, -0.2) is 42.5 Å². The number of likely N-dealkylation sites (tertiary alicyclic amines) is 1. The molecule has 2 heterocycles. The van der Waals surface area contributed by atoms with Crippen LogP contribution in [0.2, 0.25) is 0 Å². The second kappa shape index (κ2) is 8.77. The van der Waals surface area contributed by atoms with E-state index in [9.17, 15) is 9.59 Å². The number of fused-ring (bicyclic) bond motifs is 1. The number of benzene rings is 1. The quantitative estimate of drug-likeness (QED) is 0.823. The zero-order valence-corrected chi connectivity index (χ0v) is 16.6. The smallest absolute Gasteiger partial charge is 0.260 e. The van der Waals surface area contributed by atoms with Crippen molar-refractivity contribution in [1.82, 2.24) is 10.2 Å². The fourth-order valence-corrected chi connectivity index (χ4v) is 4.27. The molecule has 3 rings (SSSR count). The first-order valence-corrected chi connectivity index (χ1v) is 10.3. The molecule has 0 aromatic heterocycles. The SMILES string of the molecule is CCC(=O)N1CCC2(CCCCc3ccccc3O[C@H](C)C(=O)NC2)CC1. The number of hydrogen-bond donors (Lipinski definition) is 1. The largest absolute Gasteiger partial charge is 0.481 e. The Labute approximate surface area is 162 Å². The van der Waals surface area contributed by atoms with E-state index in [-0.39, 0.29) is 17.2 Å². The molecule has 1 fully saturated rings. The van der Waals surface area contributed by atoms with Gasteiger partial charge in [-0.3, -0.25) is 9.59 Å². The van der Waals surface area contributed by atoms with Gasteiger partial charge in [-0.15, -0.1) is 0 Å². The van der Waals surface area contributed by atoms with Gasteiger partial charge in [0, 0.05) is 26.1 Å². The standard InChI is InChI=1S/C22H32N2O3/c1-3-20(25)24-14-12-22(13-15-24)11-7-6-9-18-8-4-5-10-19(18)27-17(2)21(26)23-16-22/h4-5,8,10,17H,3,6-7,9,11-16H2,1-2H3,(H,23,26)/t17-/m1/s1. The number of aryl methyl sites for hydroxylation is 1. The first-order valence-electron chi connectivity index (χ1n) is 10.3. The van der Waals surface area contributed by atoms with Crippen molar-refractivity contribution in [2.75, 3.05) is 19.6 Å². The Balaban J connectivity index is 1.70. The molecule has 0 bridgehead atoms. The van der Waals surface area contributed by atoms with Crippen LogP contribution in [0.3, 0.4) is 0 Å². The van der Waals surface area contributed by atoms with Crippen LogP contribution >= 0.6 is 0 Å². The van der Waals surface area contributed by atoms with Gasteiger partial charge in [-0.05, 0) is 56.1 Å². The maximum absolute atomic E-state index is 12.6. The summed E-state index contributed by atoms with van der Waals surface area (Å²) < 4.78 is 5.95. The Morgan fingerprint density at radius 2 is 1.96 bits per heavy atom. The number of piperidine rings is 1. The fraction of sp³-hybridized carbons (Fsp3) is 0.636. The molecule has 2 aliphatic rings. The van der Waals surface area contributed by atoms with Gasteiger partial charge < -0.3 is 15.0 Å². The fourth-order valence-electron chi connectivity index (χ4n) is 4.27. The Kier molecular flexibility index (Phi) is 6.40. The highest BCUT2D eigenvalue weighted by molar-refractivity contribution is 5.80. The van der Waals surface area contributed by atoms with E-state index in [4.69, 9.17) is 4.74 Å². The van der Waals surface area contributed by atoms with E-state index in [1.807, 2.05) is 36.9 Å². The maximum Gasteiger partial charge on any atom is 0.260 e. The van der Waals surface area contributed by atoms with Crippen molar-refractivity contribution in [1.29, 1.82) is 0 Å². The number of carbonyl (C=O) groups excluding carboxylic acids is 2. The van der Waals surface area contributed by atoms with Crippen molar-refractivity contribution >= 4 is 11.8 Å². The molecule has 2 amide bonds. The summed E-state index contributed by atoms with van der Waals surface area (Å²) in [4.78, 5) is 26.6. The highest BCUT2D eigenvalue weighted by Crippen LogP contribution is 2.37. The summed E-state index contributed by atoms with van der Waals surface area (Å²) in [6, 6.07) is 8.03. The van der Waals surface area contributed by atoms with E-state index in [0.717, 1.165) is 57.4 Å². The number of hydrogen-bond acceptors (Lipinski definition) is 3. The van der Waals surface area contributed by atoms with Crippen LogP contribution in [0.1, 0.15) is 57.9 Å². The van der Waals surface area contributed by atoms with Crippen molar-refractivity contribution in [3.63, 3.8) is 0 Å². The first kappa shape index (κ1) is 19.7. The Morgan fingerprint density at radius 1 is 1.22 bits per heavy atom. The molecule has 148 valence electrons. The van der Waals surface area contributed by atoms with Gasteiger partial charge in [0.25, 0.3) is 5.91 Å². The number of rotatable bonds is 1. The van der Waals surface area contributed by atoms with Gasteiger partial charge in [-0.1, -0.05) is 31.5 Å². The van der Waals surface area contributed by atoms with Crippen LogP contribution in [0.15, 0.2) is 24.3 Å². The summed E-state index contributed by atoms with van der Waals surface area (Å²) in [5, 5.41) is 3.13. The molecular formula is C22H32N2O3. The van der Waals surface area contributed by atoms with Crippen molar-refractivity contribution in [3.8, 4) is 5.75 Å². The molecule has 27 heavy (non-hydrogen) atoms. The van der Waals surface area contributed by atoms with Crippen molar-refractivity contribution in [2.45, 2.75) is 64.9 Å². The average molecular weight is 373 g/mol. The van der Waals surface area contributed by atoms with E-state index in [2.05, 4.69) is 11.4 Å². The zero-order valence-electron chi connectivity index (χ0n) is 16.6. The van der Waals surface area contributed by atoms with E-state index in [0.29, 0.717) is 13.0 Å². The monoisotopic (exact) mass is 372 g/mol. The van der Waals surface area contributed by atoms with Gasteiger partial charge in [0.15, 0.2) is 6.10 Å². The van der Waals surface area contributed by atoms with Crippen LogP contribution in [0.4, 0.5) is 0 Å². The third-order valence-electron chi connectivity index (χ3n) is 6.17. The second-order valence-corrected chi connectivity index (χ2v) is 8.03. The molecule has 0 unspecified atom stereocenters. The lowest BCUT2D eigenvalue weighted by atomic mass is 9.74. The second-order valence-electron chi connectivity index (χ2n) is 8.03. The lowest BCUT2D eigenvalue weighted by Gasteiger charge is -2.42. The van der Waals surface area contributed by atoms with E-state index in [1.54, 1.807) is 0 Å². The highest BCUT2D eigenvalue weighted by Gasteiger charge is 2.36. The number of amides is 2. The average Bonchev–Trinajstić information content (AvgIpc) is 2.70. The molecule has 5 nitrogen and oxygen atoms in total. The molecule has 1 saturated heterocycles. The minimum atomic E-state index is -0.510. The van der Waals surface area contributed by atoms with Gasteiger partial charge in [-0.2, -0.15) is 0 Å². The molecule has 1 atom stereocenters. The minimum Gasteiger partial charge on any atom is -0.481 e. The van der Waals surface area contributed by atoms with E-state index >= 15 is 0 Å². The van der Waals surface area contributed by atoms with Crippen LogP contribution in [0, 0.1) is 5.41 Å². The van der Waals surface area contributed by atoms with E-state index in [1.165, 1.54) is 5.56 Å². The third kappa shape index (κ3) is 4.82. The number of carbonyl (C=O) groups is 2. The van der Waals surface area contributed by atoms with Crippen LogP contribution < -0.4 is 10.1 Å². The van der Waals surface area contributed by atoms with Crippen molar-refractivity contribution in [3.05, 3.63) is 29.8 Å². The van der Waals surface area contributed by atoms with Crippen molar-refractivity contribution in [2.24, 2.45) is 5.41 Å². The molecule has 5 heteroatoms. The molecule has 1 spiro atoms. The molecule has 2 aliphatic heterocycles. The summed E-state index contributed by atoms with van der Waals surface area (Å²) in [7, 11) is 0. The lowest BCUT2D eigenvalue weighted by Crippen LogP contribution is -2.49. The Bertz CT molecular complexity index is 665. The number of para-hydroxylation sites is 1. The number of nitrogens with zero attached hydrogens (tertiary/aromatic N) is 1. The normalized spacial score (nSPS) is 23.4. The first-order chi connectivity index (χ1) is 13.0. The Hall–Kier alpha value is -2.04. The van der Waals surface area contributed by atoms with Gasteiger partial charge in [0.2, 0.25) is 5.91 Å². The molecule has 1 aromatic carbocycles. The number of nitrogens with one attached hydrogen (secondary N) is 1. The molecule has 0 saturated carbocycles. The van der Waals surface area contributed by atoms with E-state index < -0.39 is 6.10 Å². The predicted molar refractivity (Wildman–Crippen MR) is 106 cm³/mol. The minimum absolute atomic E-state index is 0.0585. The lowest BCUT2D eigenvalue weighted by molar-refractivity contribution is -0.134. The summed E-state index contributed by atoms with van der Waals surface area (Å²) in [6.07, 6.45) is 6.29. The summed E-state index contributed by atoms with van der Waals surface area (Å²) in [5.41, 5.74) is 1.27. The predicted octanol–water partition coefficient (Wildman–Crippen LogP) is 3.32. The molecule has 0 aliphatic carbocycles. The van der Waals surface area contributed by atoms with Crippen molar-refractivity contribution < 1.29 is 14.3 Å². The molecule has 1 N–H and O–H groups in total. The third-order valence-corrected chi connectivity index (χ3v) is 6.17. The molecule has 1 aromatic rings. The summed E-state index contributed by atoms with van der Waals surface area (Å²) in [5.74, 6) is 0.999. The number of ether oxygens (including phenoxy) is 1. The van der Waals surface area contributed by atoms with Crippen LogP contribution in [0.25, 0.3) is 0 Å². The molecular weight excluding hydrogens is 340 g/mol. The van der Waals surface area contributed by atoms with Gasteiger partial charge in [0.1, 0.15) is 5.75 Å². The van der Waals surface area contributed by atoms with Gasteiger partial charge in [0.05, 0.1) is 0 Å². The highest BCUT2D eigenvalue weighted by atomic mass is 16.5. The Morgan fingerprint density at radius 3 is 2.70 bits per heavy atom. The maximum atomic E-state index is 12.6. The van der Waals surface area contributed by atoms with Gasteiger partial charge in [-0.25, -0.2) is 0 Å². The molecule has 0 radical (unpaired) electrons. The van der Waals surface area contributed by atoms with Crippen LogP contribution in [-0.2, 0) is 16.0 Å². The zero-order chi connectivity index (χ0) is 19.3. The van der Waals surface area contributed by atoms with Gasteiger partial charge >= 0.3 is 0 Å². The summed E-state index contributed by atoms with van der Waals surface area (Å²) >= 11 is 0. The summed E-state index contributed by atoms with van der Waals surface area (Å²) in [6.45, 7) is 6.01. The van der Waals surface area contributed by atoms with Crippen LogP contribution in [0.5, 0.6) is 5.75 Å². The topological polar surface area (TPSA) is 58.6 Å².